The van der Waals surface area contributed by atoms with Crippen LogP contribution in [0.5, 0.6) is 0 Å². The van der Waals surface area contributed by atoms with Crippen molar-refractivity contribution in [2.75, 3.05) is 7.11 Å². The number of esters is 5. The fourth-order valence-corrected chi connectivity index (χ4v) is 3.70. The van der Waals surface area contributed by atoms with E-state index >= 15 is 4.39 Å². The van der Waals surface area contributed by atoms with Crippen LogP contribution in [-0.2, 0) is 57.2 Å². The molecule has 1 amide bonds. The summed E-state index contributed by atoms with van der Waals surface area (Å²) in [5, 5.41) is 2.35. The van der Waals surface area contributed by atoms with E-state index in [1.807, 2.05) is 0 Å². The molecule has 0 aliphatic carbocycles. The molecule has 1 fully saturated rings. The fourth-order valence-electron chi connectivity index (χ4n) is 3.70. The summed E-state index contributed by atoms with van der Waals surface area (Å²) in [6.45, 7) is 6.51. The van der Waals surface area contributed by atoms with Gasteiger partial charge in [-0.3, -0.25) is 24.0 Å². The molecule has 13 nitrogen and oxygen atoms in total. The Morgan fingerprint density at radius 2 is 1.51 bits per heavy atom. The van der Waals surface area contributed by atoms with Crippen molar-refractivity contribution in [3.05, 3.63) is 0 Å². The number of hydrogen-bond acceptors (Lipinski definition) is 12. The monoisotopic (exact) mass is 507 g/mol. The van der Waals surface area contributed by atoms with Crippen LogP contribution in [0.1, 0.15) is 48.0 Å². The third-order valence-electron chi connectivity index (χ3n) is 4.82. The maximum Gasteiger partial charge on any atom is 0.383 e. The zero-order valence-electron chi connectivity index (χ0n) is 20.4. The number of alkyl halides is 1. The number of carbonyl (C=O) groups is 6. The van der Waals surface area contributed by atoms with Crippen LogP contribution in [-0.4, -0.2) is 85.3 Å². The van der Waals surface area contributed by atoms with Crippen molar-refractivity contribution in [2.24, 2.45) is 0 Å². The maximum atomic E-state index is 15.9. The van der Waals surface area contributed by atoms with Crippen LogP contribution in [0.4, 0.5) is 4.39 Å². The van der Waals surface area contributed by atoms with Gasteiger partial charge in [0, 0.05) is 34.6 Å². The van der Waals surface area contributed by atoms with Crippen molar-refractivity contribution in [1.82, 2.24) is 5.32 Å². The van der Waals surface area contributed by atoms with Gasteiger partial charge in [0.2, 0.25) is 12.1 Å². The predicted octanol–water partition coefficient (Wildman–Crippen LogP) is -0.134. The van der Waals surface area contributed by atoms with E-state index in [0.717, 1.165) is 41.7 Å². The normalized spacial score (nSPS) is 27.4. The van der Waals surface area contributed by atoms with E-state index in [1.54, 1.807) is 6.92 Å². The number of nitrogens with one attached hydrogen (secondary N) is 1. The lowest BCUT2D eigenvalue weighted by Crippen LogP contribution is -2.74. The largest absolute Gasteiger partial charge is 0.464 e. The number of carbonyl (C=O) groups excluding carboxylic acids is 6. The smallest absolute Gasteiger partial charge is 0.383 e. The molecule has 1 N–H and O–H groups in total. The van der Waals surface area contributed by atoms with E-state index in [1.165, 1.54) is 0 Å². The zero-order chi connectivity index (χ0) is 27.1. The van der Waals surface area contributed by atoms with Crippen molar-refractivity contribution in [1.29, 1.82) is 0 Å². The van der Waals surface area contributed by atoms with Crippen molar-refractivity contribution in [3.63, 3.8) is 0 Å². The lowest BCUT2D eigenvalue weighted by atomic mass is 9.86. The first kappa shape index (κ1) is 29.7. The number of methoxy groups -OCH3 is 1. The Labute approximate surface area is 200 Å². The molecule has 0 aromatic carbocycles. The first-order valence-electron chi connectivity index (χ1n) is 10.6. The maximum absolute atomic E-state index is 15.9. The highest BCUT2D eigenvalue weighted by Gasteiger charge is 2.67. The molecule has 35 heavy (non-hydrogen) atoms. The summed E-state index contributed by atoms with van der Waals surface area (Å²) in [5.41, 5.74) is 0. The molecule has 1 aliphatic heterocycles. The van der Waals surface area contributed by atoms with E-state index in [-0.39, 0.29) is 6.42 Å². The van der Waals surface area contributed by atoms with E-state index < -0.39 is 78.2 Å². The number of ether oxygens (including phenoxy) is 6. The number of hydrogen-bond donors (Lipinski definition) is 1. The van der Waals surface area contributed by atoms with E-state index in [2.05, 4.69) is 10.1 Å². The van der Waals surface area contributed by atoms with E-state index in [4.69, 9.17) is 23.7 Å². The van der Waals surface area contributed by atoms with E-state index in [9.17, 15) is 28.8 Å². The first-order valence-corrected chi connectivity index (χ1v) is 10.6. The number of amides is 1. The summed E-state index contributed by atoms with van der Waals surface area (Å²) in [7, 11) is 0.858. The molecule has 7 atom stereocenters. The molecular formula is C21H30FNO12. The molecule has 198 valence electrons. The second-order valence-corrected chi connectivity index (χ2v) is 7.67. The third-order valence-corrected chi connectivity index (χ3v) is 4.82. The van der Waals surface area contributed by atoms with Gasteiger partial charge >= 0.3 is 35.6 Å². The SMILES string of the molecule is CC[C@@H](OC(C)=O)[C@@H](OC(C)=O)[C@@H]1OC(OC(C)=O)(C(=O)OC)[C@H](F)[C@H](OC(C)=O)[C@H]1NC(C)=O. The molecule has 1 heterocycles. The van der Waals surface area contributed by atoms with Crippen molar-refractivity contribution in [2.45, 2.75) is 90.4 Å². The van der Waals surface area contributed by atoms with Crippen LogP contribution >= 0.6 is 0 Å². The molecule has 1 unspecified atom stereocenters. The van der Waals surface area contributed by atoms with Gasteiger partial charge < -0.3 is 33.7 Å². The first-order chi connectivity index (χ1) is 16.2. The highest BCUT2D eigenvalue weighted by molar-refractivity contribution is 5.83. The van der Waals surface area contributed by atoms with Crippen LogP contribution in [0.2, 0.25) is 0 Å². The Hall–Kier alpha value is -3.29. The van der Waals surface area contributed by atoms with Crippen LogP contribution in [0, 0.1) is 0 Å². The fraction of sp³-hybridized carbons (Fsp3) is 0.714. The van der Waals surface area contributed by atoms with Crippen molar-refractivity contribution < 1.29 is 61.6 Å². The molecular weight excluding hydrogens is 477 g/mol. The Morgan fingerprint density at radius 3 is 1.91 bits per heavy atom. The van der Waals surface area contributed by atoms with Crippen LogP contribution < -0.4 is 5.32 Å². The Bertz CT molecular complexity index is 830. The zero-order valence-corrected chi connectivity index (χ0v) is 20.4. The molecule has 0 radical (unpaired) electrons. The highest BCUT2D eigenvalue weighted by Crippen LogP contribution is 2.39. The van der Waals surface area contributed by atoms with Gasteiger partial charge in [-0.05, 0) is 6.42 Å². The molecule has 0 aromatic heterocycles. The second-order valence-electron chi connectivity index (χ2n) is 7.67. The van der Waals surface area contributed by atoms with Gasteiger partial charge in [0.15, 0.2) is 12.2 Å². The van der Waals surface area contributed by atoms with Gasteiger partial charge in [-0.15, -0.1) is 0 Å². The summed E-state index contributed by atoms with van der Waals surface area (Å²) in [6, 6.07) is -1.60. The standard InChI is InChI=1S/C21H30FNO12/c1-8-14(31-10(3)25)16(32-11(4)26)17-15(23-9(2)24)18(33-12(5)27)19(22)21(35-17,20(29)30-7)34-13(6)28/h14-19H,8H2,1-7H3,(H,23,24)/t14-,15+,16-,17-,18-,19-,21?/m1/s1. The van der Waals surface area contributed by atoms with Crippen molar-refractivity contribution >= 4 is 35.8 Å². The average Bonchev–Trinajstić information content (AvgIpc) is 2.73. The summed E-state index contributed by atoms with van der Waals surface area (Å²) in [5.74, 6) is -9.27. The Morgan fingerprint density at radius 1 is 0.943 bits per heavy atom. The van der Waals surface area contributed by atoms with Gasteiger partial charge in [-0.25, -0.2) is 9.18 Å². The van der Waals surface area contributed by atoms with Crippen molar-refractivity contribution in [3.8, 4) is 0 Å². The van der Waals surface area contributed by atoms with Crippen LogP contribution in [0.15, 0.2) is 0 Å². The lowest BCUT2D eigenvalue weighted by molar-refractivity contribution is -0.326. The molecule has 0 bridgehead atoms. The van der Waals surface area contributed by atoms with Gasteiger partial charge in [-0.2, -0.15) is 0 Å². The predicted molar refractivity (Wildman–Crippen MR) is 111 cm³/mol. The summed E-state index contributed by atoms with van der Waals surface area (Å²) >= 11 is 0. The summed E-state index contributed by atoms with van der Waals surface area (Å²) < 4.78 is 46.6. The molecule has 14 heteroatoms. The minimum Gasteiger partial charge on any atom is -0.464 e. The Balaban J connectivity index is 3.88. The van der Waals surface area contributed by atoms with Crippen LogP contribution in [0.3, 0.4) is 0 Å². The molecule has 1 rings (SSSR count). The van der Waals surface area contributed by atoms with Gasteiger partial charge in [-0.1, -0.05) is 6.92 Å². The van der Waals surface area contributed by atoms with Gasteiger partial charge in [0.1, 0.15) is 12.2 Å². The third kappa shape index (κ3) is 7.34. The molecule has 0 spiro atoms. The van der Waals surface area contributed by atoms with E-state index in [0.29, 0.717) is 0 Å². The number of halogens is 1. The van der Waals surface area contributed by atoms with Gasteiger partial charge in [0.25, 0.3) is 0 Å². The quantitative estimate of drug-likeness (QED) is 0.324. The molecule has 1 aliphatic rings. The summed E-state index contributed by atoms with van der Waals surface area (Å²) in [6.07, 6.45) is -9.26. The molecule has 0 saturated carbocycles. The highest BCUT2D eigenvalue weighted by atomic mass is 19.1. The minimum atomic E-state index is -3.13. The Kier molecular flexibility index (Phi) is 10.6. The van der Waals surface area contributed by atoms with Gasteiger partial charge in [0.05, 0.1) is 13.2 Å². The average molecular weight is 507 g/mol. The lowest BCUT2D eigenvalue weighted by Gasteiger charge is -2.49. The topological polar surface area (TPSA) is 170 Å². The van der Waals surface area contributed by atoms with Crippen LogP contribution in [0.25, 0.3) is 0 Å². The molecule has 0 aromatic rings. The second kappa shape index (κ2) is 12.4. The molecule has 1 saturated heterocycles. The minimum absolute atomic E-state index is 0.0280. The summed E-state index contributed by atoms with van der Waals surface area (Å²) in [4.78, 5) is 72.0. The number of rotatable bonds is 9.